The molecule has 0 saturated carbocycles. The molecule has 17 heavy (non-hydrogen) atoms. The van der Waals surface area contributed by atoms with Crippen molar-refractivity contribution in [1.82, 2.24) is 5.43 Å². The van der Waals surface area contributed by atoms with E-state index in [1.165, 1.54) is 0 Å². The molecule has 1 unspecified atom stereocenters. The van der Waals surface area contributed by atoms with Gasteiger partial charge in [0.15, 0.2) is 0 Å². The van der Waals surface area contributed by atoms with Crippen LogP contribution in [0.5, 0.6) is 0 Å². The van der Waals surface area contributed by atoms with Crippen LogP contribution in [0.3, 0.4) is 0 Å². The first-order chi connectivity index (χ1) is 8.15. The van der Waals surface area contributed by atoms with Crippen molar-refractivity contribution in [2.24, 2.45) is 5.84 Å². The lowest BCUT2D eigenvalue weighted by atomic mass is 10.1. The zero-order valence-corrected chi connectivity index (χ0v) is 12.5. The van der Waals surface area contributed by atoms with Gasteiger partial charge in [-0.1, -0.05) is 35.3 Å². The molecule has 0 amide bonds. The highest BCUT2D eigenvalue weighted by Crippen LogP contribution is 2.37. The molecule has 90 valence electrons. The van der Waals surface area contributed by atoms with Gasteiger partial charge in [0.2, 0.25) is 0 Å². The van der Waals surface area contributed by atoms with Crippen molar-refractivity contribution in [3.8, 4) is 0 Å². The maximum Gasteiger partial charge on any atom is 0.0828 e. The highest BCUT2D eigenvalue weighted by atomic mass is 79.9. The molecule has 0 radical (unpaired) electrons. The number of hydrazine groups is 1. The van der Waals surface area contributed by atoms with Gasteiger partial charge < -0.3 is 0 Å². The molecule has 0 spiro atoms. The van der Waals surface area contributed by atoms with Crippen molar-refractivity contribution in [3.05, 3.63) is 54.6 Å². The third-order valence-corrected chi connectivity index (χ3v) is 5.14. The van der Waals surface area contributed by atoms with Crippen LogP contribution in [0.15, 0.2) is 34.1 Å². The number of hydrogen-bond acceptors (Lipinski definition) is 3. The number of rotatable bonds is 3. The summed E-state index contributed by atoms with van der Waals surface area (Å²) in [5.74, 6) is 5.62. The quantitative estimate of drug-likeness (QED) is 0.636. The average molecular weight is 352 g/mol. The fourth-order valence-electron chi connectivity index (χ4n) is 1.56. The Morgan fingerprint density at radius 2 is 2.06 bits per heavy atom. The van der Waals surface area contributed by atoms with E-state index in [-0.39, 0.29) is 6.04 Å². The Hall–Kier alpha value is -0.100. The predicted molar refractivity (Wildman–Crippen MR) is 77.6 cm³/mol. The summed E-state index contributed by atoms with van der Waals surface area (Å²) in [7, 11) is 0. The molecule has 0 aliphatic rings. The first kappa shape index (κ1) is 13.3. The molecule has 1 aromatic carbocycles. The van der Waals surface area contributed by atoms with Crippen LogP contribution in [-0.2, 0) is 0 Å². The van der Waals surface area contributed by atoms with Gasteiger partial charge in [0, 0.05) is 9.35 Å². The van der Waals surface area contributed by atoms with Crippen molar-refractivity contribution >= 4 is 50.5 Å². The minimum absolute atomic E-state index is 0.171. The number of nitrogens with two attached hydrogens (primary N) is 1. The molecule has 2 rings (SSSR count). The lowest BCUT2D eigenvalue weighted by Crippen LogP contribution is -2.28. The maximum absolute atomic E-state index is 6.20. The lowest BCUT2D eigenvalue weighted by Gasteiger charge is -2.17. The smallest absolute Gasteiger partial charge is 0.0828 e. The molecule has 0 bridgehead atoms. The first-order valence-electron chi connectivity index (χ1n) is 4.78. The highest BCUT2D eigenvalue weighted by Gasteiger charge is 2.20. The topological polar surface area (TPSA) is 38.0 Å². The predicted octanol–water partition coefficient (Wildman–Crippen LogP) is 4.37. The average Bonchev–Trinajstić information content (AvgIpc) is 2.72. The highest BCUT2D eigenvalue weighted by molar-refractivity contribution is 9.10. The fourth-order valence-corrected chi connectivity index (χ4v) is 3.66. The summed E-state index contributed by atoms with van der Waals surface area (Å²) in [5.41, 5.74) is 3.63. The van der Waals surface area contributed by atoms with Crippen molar-refractivity contribution < 1.29 is 0 Å². The summed E-state index contributed by atoms with van der Waals surface area (Å²) in [5, 5.41) is 3.04. The zero-order valence-electron chi connectivity index (χ0n) is 8.58. The van der Waals surface area contributed by atoms with Gasteiger partial charge in [-0.05, 0) is 39.0 Å². The second kappa shape index (κ2) is 5.69. The van der Waals surface area contributed by atoms with Crippen LogP contribution in [-0.4, -0.2) is 0 Å². The van der Waals surface area contributed by atoms with Crippen molar-refractivity contribution in [2.75, 3.05) is 0 Å². The van der Waals surface area contributed by atoms with E-state index >= 15 is 0 Å². The van der Waals surface area contributed by atoms with Crippen LogP contribution in [0.25, 0.3) is 0 Å². The summed E-state index contributed by atoms with van der Waals surface area (Å²) in [4.78, 5) is 1.07. The molecule has 0 fully saturated rings. The largest absolute Gasteiger partial charge is 0.271 e. The standard InChI is InChI=1S/C11H9BrCl2N2S/c12-7-4-5-17-11(7)10(16-15)6-2-1-3-8(13)9(6)14/h1-5,10,16H,15H2. The van der Waals surface area contributed by atoms with Crippen molar-refractivity contribution in [3.63, 3.8) is 0 Å². The van der Waals surface area contributed by atoms with Crippen LogP contribution in [0.4, 0.5) is 0 Å². The summed E-state index contributed by atoms with van der Waals surface area (Å²) in [6.45, 7) is 0. The third-order valence-electron chi connectivity index (χ3n) is 2.37. The Labute approximate surface area is 122 Å². The van der Waals surface area contributed by atoms with E-state index in [0.717, 1.165) is 14.9 Å². The number of nitrogens with one attached hydrogen (secondary N) is 1. The van der Waals surface area contributed by atoms with Crippen LogP contribution in [0, 0.1) is 0 Å². The van der Waals surface area contributed by atoms with E-state index < -0.39 is 0 Å². The third kappa shape index (κ3) is 2.67. The van der Waals surface area contributed by atoms with Gasteiger partial charge in [0.1, 0.15) is 0 Å². The lowest BCUT2D eigenvalue weighted by molar-refractivity contribution is 0.645. The Kier molecular flexibility index (Phi) is 4.47. The van der Waals surface area contributed by atoms with Crippen LogP contribution >= 0.6 is 50.5 Å². The summed E-state index contributed by atoms with van der Waals surface area (Å²) in [6, 6.07) is 7.32. The molecular formula is C11H9BrCl2N2S. The van der Waals surface area contributed by atoms with E-state index in [0.29, 0.717) is 10.0 Å². The number of hydrogen-bond donors (Lipinski definition) is 2. The number of halogens is 3. The molecular weight excluding hydrogens is 343 g/mol. The van der Waals surface area contributed by atoms with Gasteiger partial charge in [0.05, 0.1) is 16.1 Å². The Balaban J connectivity index is 2.50. The molecule has 6 heteroatoms. The van der Waals surface area contributed by atoms with Gasteiger partial charge in [-0.15, -0.1) is 11.3 Å². The van der Waals surface area contributed by atoms with Gasteiger partial charge in [-0.2, -0.15) is 0 Å². The molecule has 0 aliphatic carbocycles. The Morgan fingerprint density at radius 1 is 1.29 bits per heavy atom. The molecule has 1 atom stereocenters. The maximum atomic E-state index is 6.20. The molecule has 2 aromatic rings. The zero-order chi connectivity index (χ0) is 12.4. The van der Waals surface area contributed by atoms with Gasteiger partial charge in [-0.3, -0.25) is 5.84 Å². The normalized spacial score (nSPS) is 12.7. The minimum atomic E-state index is -0.171. The summed E-state index contributed by atoms with van der Waals surface area (Å²) < 4.78 is 1.00. The van der Waals surface area contributed by atoms with Crippen LogP contribution < -0.4 is 11.3 Å². The van der Waals surface area contributed by atoms with Gasteiger partial charge in [-0.25, -0.2) is 5.43 Å². The van der Waals surface area contributed by atoms with Crippen LogP contribution in [0.1, 0.15) is 16.5 Å². The summed E-state index contributed by atoms with van der Waals surface area (Å²) >= 11 is 17.3. The molecule has 1 aromatic heterocycles. The SMILES string of the molecule is NNC(c1cccc(Cl)c1Cl)c1sccc1Br. The second-order valence-electron chi connectivity index (χ2n) is 3.38. The first-order valence-corrected chi connectivity index (χ1v) is 7.21. The number of thiophene rings is 1. The fraction of sp³-hybridized carbons (Fsp3) is 0.0909. The molecule has 1 heterocycles. The minimum Gasteiger partial charge on any atom is -0.271 e. The Bertz CT molecular complexity index is 530. The summed E-state index contributed by atoms with van der Waals surface area (Å²) in [6.07, 6.45) is 0. The van der Waals surface area contributed by atoms with E-state index in [4.69, 9.17) is 29.0 Å². The van der Waals surface area contributed by atoms with Gasteiger partial charge in [0.25, 0.3) is 0 Å². The molecule has 3 N–H and O–H groups in total. The number of benzene rings is 1. The van der Waals surface area contributed by atoms with E-state index in [1.807, 2.05) is 23.6 Å². The van der Waals surface area contributed by atoms with Crippen molar-refractivity contribution in [2.45, 2.75) is 6.04 Å². The molecule has 0 aliphatic heterocycles. The monoisotopic (exact) mass is 350 g/mol. The van der Waals surface area contributed by atoms with Crippen LogP contribution in [0.2, 0.25) is 10.0 Å². The van der Waals surface area contributed by atoms with E-state index in [1.54, 1.807) is 17.4 Å². The second-order valence-corrected chi connectivity index (χ2v) is 5.96. The molecule has 0 saturated heterocycles. The van der Waals surface area contributed by atoms with E-state index in [9.17, 15) is 0 Å². The van der Waals surface area contributed by atoms with Crippen molar-refractivity contribution in [1.29, 1.82) is 0 Å². The molecule has 2 nitrogen and oxygen atoms in total. The Morgan fingerprint density at radius 3 is 2.65 bits per heavy atom. The van der Waals surface area contributed by atoms with E-state index in [2.05, 4.69) is 21.4 Å². The van der Waals surface area contributed by atoms with Gasteiger partial charge >= 0.3 is 0 Å².